The average molecular weight is 278 g/mol. The third-order valence-corrected chi connectivity index (χ3v) is 4.62. The number of nitrogens with zero attached hydrogens (tertiary/aromatic N) is 1. The van der Waals surface area contributed by atoms with Crippen LogP contribution in [0.15, 0.2) is 18.2 Å². The Balaban J connectivity index is 1.71. The molecule has 1 fully saturated rings. The Morgan fingerprint density at radius 2 is 2.42 bits per heavy atom. The molecule has 0 amide bonds. The topological polar surface area (TPSA) is 43.4 Å². The number of fused-ring (bicyclic) bond motifs is 1. The molecule has 2 atom stereocenters. The normalized spacial score (nSPS) is 22.8. The number of hydrogen-bond donors (Lipinski definition) is 1. The third kappa shape index (κ3) is 2.67. The Hall–Kier alpha value is -1.33. The van der Waals surface area contributed by atoms with E-state index in [-0.39, 0.29) is 0 Å². The Labute approximate surface area is 116 Å². The van der Waals surface area contributed by atoms with Gasteiger partial charge in [-0.15, -0.1) is 0 Å². The van der Waals surface area contributed by atoms with Gasteiger partial charge in [-0.25, -0.2) is 4.98 Å². The van der Waals surface area contributed by atoms with Crippen molar-refractivity contribution in [2.24, 2.45) is 5.92 Å². The van der Waals surface area contributed by atoms with E-state index in [1.165, 1.54) is 0 Å². The van der Waals surface area contributed by atoms with Crippen LogP contribution in [0.1, 0.15) is 13.3 Å². The second-order valence-corrected chi connectivity index (χ2v) is 5.89. The van der Waals surface area contributed by atoms with Crippen molar-refractivity contribution >= 4 is 26.7 Å². The van der Waals surface area contributed by atoms with Crippen molar-refractivity contribution in [1.82, 2.24) is 4.98 Å². The van der Waals surface area contributed by atoms with Gasteiger partial charge in [-0.3, -0.25) is 0 Å². The first-order valence-electron chi connectivity index (χ1n) is 6.56. The van der Waals surface area contributed by atoms with Crippen LogP contribution in [0.5, 0.6) is 5.75 Å². The number of aromatic nitrogens is 1. The highest BCUT2D eigenvalue weighted by Gasteiger charge is 2.24. The van der Waals surface area contributed by atoms with Crippen molar-refractivity contribution in [2.45, 2.75) is 19.4 Å². The van der Waals surface area contributed by atoms with E-state index < -0.39 is 0 Å². The minimum absolute atomic E-state index is 0.349. The van der Waals surface area contributed by atoms with Crippen molar-refractivity contribution in [3.63, 3.8) is 0 Å². The maximum Gasteiger partial charge on any atom is 0.183 e. The van der Waals surface area contributed by atoms with Gasteiger partial charge >= 0.3 is 0 Å². The summed E-state index contributed by atoms with van der Waals surface area (Å²) in [5.74, 6) is 1.46. The third-order valence-electron chi connectivity index (χ3n) is 3.64. The predicted octanol–water partition coefficient (Wildman–Crippen LogP) is 3.14. The number of thiazole rings is 1. The average Bonchev–Trinajstić information content (AvgIpc) is 3.01. The fourth-order valence-corrected chi connectivity index (χ4v) is 3.27. The number of benzene rings is 1. The van der Waals surface area contributed by atoms with E-state index >= 15 is 0 Å². The Morgan fingerprint density at radius 3 is 3.16 bits per heavy atom. The van der Waals surface area contributed by atoms with Crippen LogP contribution in [0.3, 0.4) is 0 Å². The monoisotopic (exact) mass is 278 g/mol. The van der Waals surface area contributed by atoms with E-state index in [1.54, 1.807) is 18.4 Å². The van der Waals surface area contributed by atoms with Crippen LogP contribution >= 0.6 is 11.3 Å². The van der Waals surface area contributed by atoms with E-state index in [0.29, 0.717) is 12.0 Å². The van der Waals surface area contributed by atoms with Crippen LogP contribution in [0.4, 0.5) is 5.13 Å². The second kappa shape index (κ2) is 5.35. The number of hydrogen-bond acceptors (Lipinski definition) is 5. The van der Waals surface area contributed by atoms with Crippen molar-refractivity contribution < 1.29 is 9.47 Å². The molecule has 2 aromatic rings. The molecule has 0 bridgehead atoms. The lowest BCUT2D eigenvalue weighted by atomic mass is 10.0. The summed E-state index contributed by atoms with van der Waals surface area (Å²) in [5.41, 5.74) is 1.02. The molecule has 1 aliphatic rings. The van der Waals surface area contributed by atoms with Crippen molar-refractivity contribution in [3.05, 3.63) is 18.2 Å². The van der Waals surface area contributed by atoms with E-state index in [0.717, 1.165) is 40.7 Å². The lowest BCUT2D eigenvalue weighted by Gasteiger charge is -2.13. The number of methoxy groups -OCH3 is 1. The minimum atomic E-state index is 0.349. The SMILES string of the molecule is COc1ccc2nc(NCC3CCOC3C)sc2c1. The molecule has 4 nitrogen and oxygen atoms in total. The highest BCUT2D eigenvalue weighted by Crippen LogP contribution is 2.30. The highest BCUT2D eigenvalue weighted by molar-refractivity contribution is 7.22. The summed E-state index contributed by atoms with van der Waals surface area (Å²) in [6.45, 7) is 3.95. The second-order valence-electron chi connectivity index (χ2n) is 4.86. The van der Waals surface area contributed by atoms with Gasteiger partial charge in [-0.2, -0.15) is 0 Å². The summed E-state index contributed by atoms with van der Waals surface area (Å²) < 4.78 is 11.9. The lowest BCUT2D eigenvalue weighted by Crippen LogP contribution is -2.20. The zero-order valence-corrected chi connectivity index (χ0v) is 12.0. The van der Waals surface area contributed by atoms with E-state index in [1.807, 2.05) is 18.2 Å². The first-order chi connectivity index (χ1) is 9.26. The fourth-order valence-electron chi connectivity index (χ4n) is 2.37. The Kier molecular flexibility index (Phi) is 3.57. The quantitative estimate of drug-likeness (QED) is 0.933. The molecule has 0 aliphatic carbocycles. The van der Waals surface area contributed by atoms with Crippen LogP contribution in [-0.4, -0.2) is 31.3 Å². The van der Waals surface area contributed by atoms with Crippen LogP contribution in [0.2, 0.25) is 0 Å². The predicted molar refractivity (Wildman–Crippen MR) is 78.2 cm³/mol. The Bertz CT molecular complexity index is 570. The number of anilines is 1. The number of ether oxygens (including phenoxy) is 2. The van der Waals surface area contributed by atoms with E-state index in [2.05, 4.69) is 17.2 Å². The van der Waals surface area contributed by atoms with Crippen molar-refractivity contribution in [1.29, 1.82) is 0 Å². The molecule has 2 unspecified atom stereocenters. The standard InChI is InChI=1S/C14H18N2O2S/c1-9-10(5-6-18-9)8-15-14-16-12-4-3-11(17-2)7-13(12)19-14/h3-4,7,9-10H,5-6,8H2,1-2H3,(H,15,16). The zero-order chi connectivity index (χ0) is 13.2. The van der Waals surface area contributed by atoms with Crippen LogP contribution < -0.4 is 10.1 Å². The molecule has 0 radical (unpaired) electrons. The maximum absolute atomic E-state index is 5.57. The largest absolute Gasteiger partial charge is 0.497 e. The van der Waals surface area contributed by atoms with Crippen LogP contribution in [-0.2, 0) is 4.74 Å². The summed E-state index contributed by atoms with van der Waals surface area (Å²) in [6, 6.07) is 5.97. The summed E-state index contributed by atoms with van der Waals surface area (Å²) in [6.07, 6.45) is 1.48. The summed E-state index contributed by atoms with van der Waals surface area (Å²) >= 11 is 1.67. The molecular formula is C14H18N2O2S. The molecule has 1 aromatic carbocycles. The first kappa shape index (κ1) is 12.7. The highest BCUT2D eigenvalue weighted by atomic mass is 32.1. The van der Waals surface area contributed by atoms with Crippen LogP contribution in [0.25, 0.3) is 10.2 Å². The summed E-state index contributed by atoms with van der Waals surface area (Å²) in [4.78, 5) is 4.59. The number of rotatable bonds is 4. The maximum atomic E-state index is 5.57. The molecule has 0 saturated carbocycles. The molecule has 0 spiro atoms. The molecule has 1 aromatic heterocycles. The molecule has 102 valence electrons. The fraction of sp³-hybridized carbons (Fsp3) is 0.500. The zero-order valence-electron chi connectivity index (χ0n) is 11.2. The van der Waals surface area contributed by atoms with Gasteiger partial charge in [0.25, 0.3) is 0 Å². The molecule has 5 heteroatoms. The van der Waals surface area contributed by atoms with E-state index in [4.69, 9.17) is 9.47 Å². The smallest absolute Gasteiger partial charge is 0.183 e. The molecule has 2 heterocycles. The van der Waals surface area contributed by atoms with E-state index in [9.17, 15) is 0 Å². The Morgan fingerprint density at radius 1 is 1.53 bits per heavy atom. The molecule has 1 N–H and O–H groups in total. The van der Waals surface area contributed by atoms with Gasteiger partial charge < -0.3 is 14.8 Å². The van der Waals surface area contributed by atoms with Gasteiger partial charge in [0.2, 0.25) is 0 Å². The van der Waals surface area contributed by atoms with Gasteiger partial charge in [0.05, 0.1) is 23.4 Å². The summed E-state index contributed by atoms with van der Waals surface area (Å²) in [5, 5.41) is 4.40. The minimum Gasteiger partial charge on any atom is -0.497 e. The van der Waals surface area contributed by atoms with Gasteiger partial charge in [-0.1, -0.05) is 11.3 Å². The number of nitrogens with one attached hydrogen (secondary N) is 1. The lowest BCUT2D eigenvalue weighted by molar-refractivity contribution is 0.108. The molecule has 1 saturated heterocycles. The molecule has 1 aliphatic heterocycles. The van der Waals surface area contributed by atoms with Crippen LogP contribution in [0, 0.1) is 5.92 Å². The first-order valence-corrected chi connectivity index (χ1v) is 7.38. The van der Waals surface area contributed by atoms with Gasteiger partial charge in [-0.05, 0) is 31.5 Å². The van der Waals surface area contributed by atoms with Crippen molar-refractivity contribution in [3.8, 4) is 5.75 Å². The van der Waals surface area contributed by atoms with Gasteiger partial charge in [0.1, 0.15) is 5.75 Å². The van der Waals surface area contributed by atoms with Crippen molar-refractivity contribution in [2.75, 3.05) is 25.6 Å². The van der Waals surface area contributed by atoms with Gasteiger partial charge in [0, 0.05) is 19.1 Å². The van der Waals surface area contributed by atoms with Gasteiger partial charge in [0.15, 0.2) is 5.13 Å². The summed E-state index contributed by atoms with van der Waals surface area (Å²) in [7, 11) is 1.68. The molecule has 19 heavy (non-hydrogen) atoms. The molecule has 3 rings (SSSR count). The molecular weight excluding hydrogens is 260 g/mol.